The van der Waals surface area contributed by atoms with Crippen molar-refractivity contribution in [2.45, 2.75) is 70.3 Å². The molecule has 31 heavy (non-hydrogen) atoms. The second-order valence-corrected chi connectivity index (χ2v) is 7.29. The van der Waals surface area contributed by atoms with Gasteiger partial charge in [-0.05, 0) is 19.3 Å². The maximum absolute atomic E-state index is 12.7. The predicted molar refractivity (Wildman–Crippen MR) is 108 cm³/mol. The van der Waals surface area contributed by atoms with Crippen molar-refractivity contribution in [3.05, 3.63) is 0 Å². The number of rotatable bonds is 14. The van der Waals surface area contributed by atoms with Crippen molar-refractivity contribution in [1.29, 1.82) is 0 Å². The summed E-state index contributed by atoms with van der Waals surface area (Å²) in [6, 6.07) is -5.39. The van der Waals surface area contributed by atoms with Crippen LogP contribution < -0.4 is 27.4 Å². The fourth-order valence-corrected chi connectivity index (χ4v) is 2.49. The van der Waals surface area contributed by atoms with E-state index < -0.39 is 72.4 Å². The Hall–Kier alpha value is -2.77. The number of aliphatic hydroxyl groups excluding tert-OH is 2. The molecule has 0 heterocycles. The van der Waals surface area contributed by atoms with Gasteiger partial charge >= 0.3 is 5.97 Å². The minimum absolute atomic E-state index is 0.0645. The first-order chi connectivity index (χ1) is 14.3. The molecule has 6 unspecified atom stereocenters. The van der Waals surface area contributed by atoms with Crippen LogP contribution in [0.25, 0.3) is 0 Å². The van der Waals surface area contributed by atoms with E-state index in [0.717, 1.165) is 0 Å². The van der Waals surface area contributed by atoms with Crippen LogP contribution in [0.1, 0.15) is 40.0 Å². The number of nitrogens with one attached hydrogen (secondary N) is 3. The van der Waals surface area contributed by atoms with Crippen LogP contribution >= 0.6 is 0 Å². The first-order valence-electron chi connectivity index (χ1n) is 9.82. The Morgan fingerprint density at radius 3 is 1.87 bits per heavy atom. The van der Waals surface area contributed by atoms with E-state index in [1.807, 2.05) is 0 Å². The lowest BCUT2D eigenvalue weighted by Crippen LogP contribution is -2.61. The predicted octanol–water partition coefficient (Wildman–Crippen LogP) is -3.46. The highest BCUT2D eigenvalue weighted by atomic mass is 16.4. The van der Waals surface area contributed by atoms with Gasteiger partial charge in [0.05, 0.1) is 18.8 Å². The summed E-state index contributed by atoms with van der Waals surface area (Å²) in [5.41, 5.74) is 10.7. The molecular formula is C18H33N5O8. The molecule has 13 nitrogen and oxygen atoms in total. The summed E-state index contributed by atoms with van der Waals surface area (Å²) in [7, 11) is 0. The summed E-state index contributed by atoms with van der Waals surface area (Å²) in [5, 5.41) is 34.8. The summed E-state index contributed by atoms with van der Waals surface area (Å²) >= 11 is 0. The summed E-state index contributed by atoms with van der Waals surface area (Å²) in [6.07, 6.45) is -1.15. The number of hydrogen-bond donors (Lipinski definition) is 8. The molecule has 10 N–H and O–H groups in total. The molecule has 0 aliphatic rings. The zero-order valence-corrected chi connectivity index (χ0v) is 17.8. The van der Waals surface area contributed by atoms with E-state index in [9.17, 15) is 29.1 Å². The van der Waals surface area contributed by atoms with E-state index in [4.69, 9.17) is 21.7 Å². The Morgan fingerprint density at radius 1 is 0.935 bits per heavy atom. The lowest BCUT2D eigenvalue weighted by molar-refractivity contribution is -0.144. The number of carbonyl (C=O) groups excluding carboxylic acids is 4. The topological polar surface area (TPSA) is 234 Å². The smallest absolute Gasteiger partial charge is 0.328 e. The molecular weight excluding hydrogens is 414 g/mol. The number of carbonyl (C=O) groups is 5. The van der Waals surface area contributed by atoms with Gasteiger partial charge < -0.3 is 42.7 Å². The van der Waals surface area contributed by atoms with Crippen LogP contribution in [0.2, 0.25) is 0 Å². The monoisotopic (exact) mass is 447 g/mol. The number of amides is 4. The minimum Gasteiger partial charge on any atom is -0.480 e. The van der Waals surface area contributed by atoms with Gasteiger partial charge in [-0.1, -0.05) is 20.3 Å². The fourth-order valence-electron chi connectivity index (χ4n) is 2.49. The van der Waals surface area contributed by atoms with Gasteiger partial charge in [0.2, 0.25) is 23.6 Å². The number of hydrogen-bond acceptors (Lipinski definition) is 8. The standard InChI is InChI=1S/C18H33N5O8/c1-4-8(2)13(16(28)21-11(7-24)18(30)31)22-17(29)14(9(3)25)23-15(27)10(19)5-6-12(20)26/h8-11,13-14,24-25H,4-7,19H2,1-3H3,(H2,20,26)(H,21,28)(H,22,29)(H,23,27)(H,30,31). The molecule has 0 bridgehead atoms. The fraction of sp³-hybridized carbons (Fsp3) is 0.722. The second-order valence-electron chi connectivity index (χ2n) is 7.29. The molecule has 0 aromatic carbocycles. The molecule has 0 saturated heterocycles. The van der Waals surface area contributed by atoms with Crippen LogP contribution in [0, 0.1) is 5.92 Å². The number of nitrogens with two attached hydrogens (primary N) is 2. The van der Waals surface area contributed by atoms with Crippen molar-refractivity contribution in [2.24, 2.45) is 17.4 Å². The van der Waals surface area contributed by atoms with Crippen LogP contribution in [0.4, 0.5) is 0 Å². The molecule has 178 valence electrons. The van der Waals surface area contributed by atoms with E-state index in [1.54, 1.807) is 13.8 Å². The van der Waals surface area contributed by atoms with Crippen molar-refractivity contribution in [3.63, 3.8) is 0 Å². The zero-order valence-electron chi connectivity index (χ0n) is 17.8. The Morgan fingerprint density at radius 2 is 1.45 bits per heavy atom. The van der Waals surface area contributed by atoms with E-state index in [0.29, 0.717) is 6.42 Å². The Labute approximate surface area is 179 Å². The van der Waals surface area contributed by atoms with Gasteiger partial charge in [-0.2, -0.15) is 0 Å². The van der Waals surface area contributed by atoms with Crippen molar-refractivity contribution in [3.8, 4) is 0 Å². The summed E-state index contributed by atoms with van der Waals surface area (Å²) in [4.78, 5) is 59.3. The number of aliphatic hydroxyl groups is 2. The molecule has 13 heteroatoms. The van der Waals surface area contributed by atoms with Crippen molar-refractivity contribution >= 4 is 29.6 Å². The molecule has 0 radical (unpaired) electrons. The van der Waals surface area contributed by atoms with E-state index in [1.165, 1.54) is 6.92 Å². The largest absolute Gasteiger partial charge is 0.480 e. The van der Waals surface area contributed by atoms with Gasteiger partial charge in [-0.15, -0.1) is 0 Å². The maximum Gasteiger partial charge on any atom is 0.328 e. The molecule has 0 aromatic heterocycles. The van der Waals surface area contributed by atoms with Gasteiger partial charge in [0, 0.05) is 6.42 Å². The Bertz CT molecular complexity index is 657. The first kappa shape index (κ1) is 28.2. The molecule has 6 atom stereocenters. The molecule has 0 aliphatic heterocycles. The van der Waals surface area contributed by atoms with Gasteiger partial charge in [0.1, 0.15) is 18.1 Å². The van der Waals surface area contributed by atoms with Crippen LogP contribution in [-0.2, 0) is 24.0 Å². The minimum atomic E-state index is -1.56. The van der Waals surface area contributed by atoms with Crippen molar-refractivity contribution < 1.29 is 39.3 Å². The normalized spacial score (nSPS) is 16.7. The van der Waals surface area contributed by atoms with E-state index in [2.05, 4.69) is 16.0 Å². The van der Waals surface area contributed by atoms with Crippen molar-refractivity contribution in [1.82, 2.24) is 16.0 Å². The third kappa shape index (κ3) is 9.72. The number of primary amides is 1. The second kappa shape index (κ2) is 13.5. The van der Waals surface area contributed by atoms with Crippen LogP contribution in [0.15, 0.2) is 0 Å². The quantitative estimate of drug-likeness (QED) is 0.132. The average molecular weight is 447 g/mol. The average Bonchev–Trinajstić information content (AvgIpc) is 2.70. The number of aliphatic carboxylic acids is 1. The highest BCUT2D eigenvalue weighted by molar-refractivity contribution is 5.94. The Kier molecular flexibility index (Phi) is 12.3. The van der Waals surface area contributed by atoms with Crippen molar-refractivity contribution in [2.75, 3.05) is 6.61 Å². The number of carboxylic acid groups (broad SMARTS) is 1. The molecule has 0 fully saturated rings. The molecule has 4 amide bonds. The summed E-state index contributed by atoms with van der Waals surface area (Å²) in [6.45, 7) is 3.76. The zero-order chi connectivity index (χ0) is 24.3. The van der Waals surface area contributed by atoms with Crippen LogP contribution in [-0.4, -0.2) is 81.8 Å². The molecule has 0 aromatic rings. The lowest BCUT2D eigenvalue weighted by atomic mass is 9.97. The SMILES string of the molecule is CCC(C)C(NC(=O)C(NC(=O)C(N)CCC(N)=O)C(C)O)C(=O)NC(CO)C(=O)O. The highest BCUT2D eigenvalue weighted by Crippen LogP contribution is 2.10. The maximum atomic E-state index is 12.7. The van der Waals surface area contributed by atoms with Gasteiger partial charge in [-0.25, -0.2) is 4.79 Å². The number of carboxylic acids is 1. The Balaban J connectivity index is 5.36. The third-order valence-corrected chi connectivity index (χ3v) is 4.69. The summed E-state index contributed by atoms with van der Waals surface area (Å²) in [5.74, 6) is -5.11. The van der Waals surface area contributed by atoms with Gasteiger partial charge in [0.15, 0.2) is 0 Å². The third-order valence-electron chi connectivity index (χ3n) is 4.69. The van der Waals surface area contributed by atoms with E-state index >= 15 is 0 Å². The summed E-state index contributed by atoms with van der Waals surface area (Å²) < 4.78 is 0. The van der Waals surface area contributed by atoms with E-state index in [-0.39, 0.29) is 12.8 Å². The highest BCUT2D eigenvalue weighted by Gasteiger charge is 2.34. The van der Waals surface area contributed by atoms with Gasteiger partial charge in [0.25, 0.3) is 0 Å². The van der Waals surface area contributed by atoms with Crippen LogP contribution in [0.3, 0.4) is 0 Å². The molecule has 0 aliphatic carbocycles. The van der Waals surface area contributed by atoms with Crippen LogP contribution in [0.5, 0.6) is 0 Å². The lowest BCUT2D eigenvalue weighted by Gasteiger charge is -2.28. The molecule has 0 saturated carbocycles. The molecule has 0 spiro atoms. The first-order valence-corrected chi connectivity index (χ1v) is 9.82. The van der Waals surface area contributed by atoms with Gasteiger partial charge in [-0.3, -0.25) is 19.2 Å². The molecule has 0 rings (SSSR count).